The molecule has 1 atom stereocenters. The van der Waals surface area contributed by atoms with E-state index in [1.165, 1.54) is 0 Å². The third-order valence-corrected chi connectivity index (χ3v) is 5.40. The predicted molar refractivity (Wildman–Crippen MR) is 139 cm³/mol. The zero-order valence-electron chi connectivity index (χ0n) is 19.0. The van der Waals surface area contributed by atoms with Gasteiger partial charge >= 0.3 is 0 Å². The summed E-state index contributed by atoms with van der Waals surface area (Å²) in [6, 6.07) is 18.5. The van der Waals surface area contributed by atoms with Crippen LogP contribution in [0, 0.1) is 0 Å². The van der Waals surface area contributed by atoms with E-state index >= 15 is 0 Å². The molecule has 0 saturated heterocycles. The minimum atomic E-state index is 0. The summed E-state index contributed by atoms with van der Waals surface area (Å²) in [7, 11) is 3.44. The van der Waals surface area contributed by atoms with Crippen molar-refractivity contribution in [3.05, 3.63) is 77.4 Å². The minimum Gasteiger partial charge on any atom is -0.489 e. The lowest BCUT2D eigenvalue weighted by Crippen LogP contribution is -2.46. The number of nitrogens with one attached hydrogen (secondary N) is 2. The maximum Gasteiger partial charge on any atom is 0.191 e. The highest BCUT2D eigenvalue weighted by Crippen LogP contribution is 2.19. The van der Waals surface area contributed by atoms with Crippen molar-refractivity contribution in [2.75, 3.05) is 14.2 Å². The number of fused-ring (bicyclic) bond motifs is 1. The first-order valence-corrected chi connectivity index (χ1v) is 10.9. The molecule has 176 valence electrons. The molecule has 4 rings (SSSR count). The Morgan fingerprint density at radius 2 is 1.91 bits per heavy atom. The first kappa shape index (κ1) is 25.0. The molecule has 0 fully saturated rings. The van der Waals surface area contributed by atoms with Gasteiger partial charge in [-0.05, 0) is 18.1 Å². The summed E-state index contributed by atoms with van der Waals surface area (Å²) in [5, 5.41) is 11.5. The number of guanidine groups is 1. The molecule has 1 aliphatic heterocycles. The molecule has 1 aliphatic rings. The number of rotatable bonds is 8. The molecule has 1 aromatic heterocycles. The van der Waals surface area contributed by atoms with Crippen molar-refractivity contribution in [2.45, 2.75) is 45.2 Å². The van der Waals surface area contributed by atoms with E-state index in [1.807, 2.05) is 41.1 Å². The minimum absolute atomic E-state index is 0. The summed E-state index contributed by atoms with van der Waals surface area (Å²) in [5.41, 5.74) is 2.23. The number of nitrogens with zero attached hydrogens (tertiary/aromatic N) is 4. The van der Waals surface area contributed by atoms with Gasteiger partial charge in [0.05, 0.1) is 6.54 Å². The molecule has 9 heteroatoms. The van der Waals surface area contributed by atoms with Gasteiger partial charge in [-0.25, -0.2) is 9.67 Å². The first-order chi connectivity index (χ1) is 15.7. The number of ether oxygens (including phenoxy) is 2. The van der Waals surface area contributed by atoms with E-state index in [1.54, 1.807) is 14.2 Å². The smallest absolute Gasteiger partial charge is 0.191 e. The third-order valence-electron chi connectivity index (χ3n) is 5.40. The summed E-state index contributed by atoms with van der Waals surface area (Å²) in [6.45, 7) is 2.35. The molecule has 2 N–H and O–H groups in total. The van der Waals surface area contributed by atoms with Crippen LogP contribution in [0.25, 0.3) is 0 Å². The van der Waals surface area contributed by atoms with Crippen molar-refractivity contribution >= 4 is 29.9 Å². The predicted octanol–water partition coefficient (Wildman–Crippen LogP) is 3.30. The second kappa shape index (κ2) is 12.5. The lowest BCUT2D eigenvalue weighted by atomic mass is 10.1. The summed E-state index contributed by atoms with van der Waals surface area (Å²) in [5.74, 6) is 3.38. The monoisotopic (exact) mass is 562 g/mol. The number of benzene rings is 2. The van der Waals surface area contributed by atoms with Gasteiger partial charge in [-0.3, -0.25) is 4.99 Å². The van der Waals surface area contributed by atoms with Crippen LogP contribution in [0.15, 0.2) is 59.6 Å². The molecule has 2 heterocycles. The second-order valence-electron chi connectivity index (χ2n) is 7.75. The van der Waals surface area contributed by atoms with Gasteiger partial charge in [0, 0.05) is 38.7 Å². The Labute approximate surface area is 211 Å². The molecule has 0 bridgehead atoms. The van der Waals surface area contributed by atoms with E-state index in [2.05, 4.69) is 43.9 Å². The number of aromatic nitrogens is 3. The molecule has 3 aromatic rings. The lowest BCUT2D eigenvalue weighted by molar-refractivity contribution is 0.177. The van der Waals surface area contributed by atoms with Gasteiger partial charge in [-0.2, -0.15) is 5.10 Å². The third kappa shape index (κ3) is 6.91. The van der Waals surface area contributed by atoms with Crippen molar-refractivity contribution < 1.29 is 9.47 Å². The van der Waals surface area contributed by atoms with Crippen LogP contribution in [-0.2, 0) is 37.5 Å². The van der Waals surface area contributed by atoms with Crippen LogP contribution < -0.4 is 15.4 Å². The number of aryl methyl sites for hydroxylation is 1. The van der Waals surface area contributed by atoms with E-state index in [0.717, 1.165) is 53.9 Å². The highest BCUT2D eigenvalue weighted by molar-refractivity contribution is 14.0. The molecule has 0 aliphatic carbocycles. The van der Waals surface area contributed by atoms with Crippen molar-refractivity contribution in [3.63, 3.8) is 0 Å². The Morgan fingerprint density at radius 3 is 2.70 bits per heavy atom. The first-order valence-electron chi connectivity index (χ1n) is 10.9. The van der Waals surface area contributed by atoms with Crippen LogP contribution in [0.3, 0.4) is 0 Å². The molecule has 0 saturated carbocycles. The van der Waals surface area contributed by atoms with Gasteiger partial charge < -0.3 is 20.1 Å². The van der Waals surface area contributed by atoms with Gasteiger partial charge in [0.2, 0.25) is 0 Å². The number of aliphatic imine (C=N–C) groups is 1. The Bertz CT molecular complexity index is 1040. The number of para-hydroxylation sites is 1. The van der Waals surface area contributed by atoms with Gasteiger partial charge in [0.15, 0.2) is 11.8 Å². The van der Waals surface area contributed by atoms with Gasteiger partial charge in [-0.15, -0.1) is 24.0 Å². The van der Waals surface area contributed by atoms with Gasteiger partial charge in [0.1, 0.15) is 24.8 Å². The zero-order valence-corrected chi connectivity index (χ0v) is 21.4. The van der Waals surface area contributed by atoms with Gasteiger partial charge in [0.25, 0.3) is 0 Å². The molecule has 1 unspecified atom stereocenters. The molecular weight excluding hydrogens is 531 g/mol. The van der Waals surface area contributed by atoms with Crippen LogP contribution in [0.5, 0.6) is 5.75 Å². The topological polar surface area (TPSA) is 85.6 Å². The van der Waals surface area contributed by atoms with E-state index in [-0.39, 0.29) is 30.0 Å². The molecule has 2 aromatic carbocycles. The van der Waals surface area contributed by atoms with E-state index in [4.69, 9.17) is 9.47 Å². The van der Waals surface area contributed by atoms with E-state index < -0.39 is 0 Å². The quantitative estimate of drug-likeness (QED) is 0.249. The highest BCUT2D eigenvalue weighted by Gasteiger charge is 2.22. The molecule has 8 nitrogen and oxygen atoms in total. The van der Waals surface area contributed by atoms with Crippen LogP contribution in [0.4, 0.5) is 0 Å². The van der Waals surface area contributed by atoms with Crippen LogP contribution >= 0.6 is 24.0 Å². The second-order valence-corrected chi connectivity index (χ2v) is 7.75. The maximum absolute atomic E-state index is 6.07. The fourth-order valence-corrected chi connectivity index (χ4v) is 3.76. The number of methoxy groups -OCH3 is 1. The fraction of sp³-hybridized carbons (Fsp3) is 0.375. The number of hydrogen-bond acceptors (Lipinski definition) is 5. The molecule has 0 amide bonds. The number of halogens is 1. The highest BCUT2D eigenvalue weighted by atomic mass is 127. The summed E-state index contributed by atoms with van der Waals surface area (Å²) in [4.78, 5) is 8.94. The lowest BCUT2D eigenvalue weighted by Gasteiger charge is -2.25. The zero-order chi connectivity index (χ0) is 22.2. The molecule has 33 heavy (non-hydrogen) atoms. The Hall–Kier alpha value is -2.66. The summed E-state index contributed by atoms with van der Waals surface area (Å²) in [6.07, 6.45) is 1.85. The van der Waals surface area contributed by atoms with Gasteiger partial charge in [-0.1, -0.05) is 48.5 Å². The summed E-state index contributed by atoms with van der Waals surface area (Å²) >= 11 is 0. The van der Waals surface area contributed by atoms with Crippen LogP contribution in [0.1, 0.15) is 29.2 Å². The van der Waals surface area contributed by atoms with Crippen LogP contribution in [-0.4, -0.2) is 40.9 Å². The Kier molecular flexibility index (Phi) is 9.49. The van der Waals surface area contributed by atoms with Crippen LogP contribution in [0.2, 0.25) is 0 Å². The van der Waals surface area contributed by atoms with Crippen molar-refractivity contribution in [1.29, 1.82) is 0 Å². The van der Waals surface area contributed by atoms with E-state index in [9.17, 15) is 0 Å². The Morgan fingerprint density at radius 1 is 1.12 bits per heavy atom. The molecule has 0 spiro atoms. The largest absolute Gasteiger partial charge is 0.489 e. The van der Waals surface area contributed by atoms with Crippen molar-refractivity contribution in [3.8, 4) is 5.75 Å². The van der Waals surface area contributed by atoms with E-state index in [0.29, 0.717) is 19.8 Å². The van der Waals surface area contributed by atoms with Crippen molar-refractivity contribution in [1.82, 2.24) is 25.4 Å². The van der Waals surface area contributed by atoms with Crippen molar-refractivity contribution in [2.24, 2.45) is 4.99 Å². The molecular formula is C24H31IN6O2. The molecule has 0 radical (unpaired) electrons. The Balaban J connectivity index is 0.00000306. The average Bonchev–Trinajstić information content (AvgIpc) is 3.23. The fourth-order valence-electron chi connectivity index (χ4n) is 3.76. The number of hydrogen-bond donors (Lipinski definition) is 2. The summed E-state index contributed by atoms with van der Waals surface area (Å²) < 4.78 is 13.2. The maximum atomic E-state index is 6.07. The SMILES string of the molecule is CN=C(NCc1ccccc1OCc1ccccc1)NC1CCc2nc(COC)nn2C1.I. The normalized spacial score (nSPS) is 15.3. The average molecular weight is 562 g/mol. The standard InChI is InChI=1S/C24H30N6O2.HI/c1-25-24(27-20-12-13-23-28-22(17-31-2)29-30(23)15-20)26-14-19-10-6-7-11-21(19)32-16-18-8-4-3-5-9-18;/h3-11,20H,12-17H2,1-2H3,(H2,25,26,27);1H.